The molecule has 0 saturated carbocycles. The van der Waals surface area contributed by atoms with E-state index >= 15 is 0 Å². The number of benzene rings is 1. The zero-order chi connectivity index (χ0) is 16.7. The number of amides is 1. The molecule has 8 heteroatoms. The lowest BCUT2D eigenvalue weighted by Gasteiger charge is -2.24. The van der Waals surface area contributed by atoms with Gasteiger partial charge >= 0.3 is 5.97 Å². The van der Waals surface area contributed by atoms with Gasteiger partial charge in [0.05, 0.1) is 12.0 Å². The van der Waals surface area contributed by atoms with Crippen molar-refractivity contribution < 1.29 is 19.2 Å². The molecular formula is C15H15N3O5. The summed E-state index contributed by atoms with van der Waals surface area (Å²) in [6.45, 7) is 0.422. The van der Waals surface area contributed by atoms with Crippen LogP contribution in [0.5, 0.6) is 0 Å². The maximum absolute atomic E-state index is 12.5. The van der Waals surface area contributed by atoms with Crippen molar-refractivity contribution in [1.29, 1.82) is 0 Å². The minimum atomic E-state index is -0.482. The normalized spacial score (nSPS) is 14.0. The molecule has 2 aromatic rings. The number of hydrogen-bond acceptors (Lipinski definition) is 5. The molecule has 1 aromatic heterocycles. The Hall–Kier alpha value is -2.90. The van der Waals surface area contributed by atoms with Gasteiger partial charge in [-0.1, -0.05) is 0 Å². The van der Waals surface area contributed by atoms with Crippen LogP contribution in [0.4, 0.5) is 5.69 Å². The number of carbonyl (C=O) groups is 2. The molecule has 23 heavy (non-hydrogen) atoms. The van der Waals surface area contributed by atoms with Crippen molar-refractivity contribution in [2.75, 3.05) is 20.7 Å². The van der Waals surface area contributed by atoms with E-state index < -0.39 is 10.9 Å². The molecule has 3 rings (SSSR count). The Balaban J connectivity index is 2.29. The van der Waals surface area contributed by atoms with E-state index in [2.05, 4.69) is 0 Å². The predicted octanol–water partition coefficient (Wildman–Crippen LogP) is 1.35. The summed E-state index contributed by atoms with van der Waals surface area (Å²) in [5.41, 5.74) is 1.73. The summed E-state index contributed by atoms with van der Waals surface area (Å²) in [6, 6.07) is 4.40. The molecule has 1 amide bonds. The van der Waals surface area contributed by atoms with Gasteiger partial charge in [0, 0.05) is 36.6 Å². The number of fused-ring (bicyclic) bond motifs is 3. The molecule has 0 aliphatic carbocycles. The molecular weight excluding hydrogens is 302 g/mol. The fraction of sp³-hybridized carbons (Fsp3) is 0.333. The van der Waals surface area contributed by atoms with Gasteiger partial charge in [-0.3, -0.25) is 19.7 Å². The van der Waals surface area contributed by atoms with Gasteiger partial charge in [0.2, 0.25) is 0 Å². The molecule has 0 saturated heterocycles. The molecule has 8 nitrogen and oxygen atoms in total. The van der Waals surface area contributed by atoms with Crippen LogP contribution in [0.25, 0.3) is 10.9 Å². The molecule has 2 heterocycles. The molecule has 0 unspecified atom stereocenters. The van der Waals surface area contributed by atoms with Crippen LogP contribution in [0.3, 0.4) is 0 Å². The highest BCUT2D eigenvalue weighted by atomic mass is 16.6. The van der Waals surface area contributed by atoms with Gasteiger partial charge < -0.3 is 14.2 Å². The van der Waals surface area contributed by atoms with Gasteiger partial charge in [0.15, 0.2) is 0 Å². The largest absolute Gasteiger partial charge is 0.468 e. The Bertz CT molecular complexity index is 839. The van der Waals surface area contributed by atoms with Crippen molar-refractivity contribution in [2.45, 2.75) is 13.0 Å². The SMILES string of the molecule is COC(=O)Cn1c2c(c3cc([N+](=O)[O-])ccc31)CCN(C)C2=O. The average Bonchev–Trinajstić information content (AvgIpc) is 2.84. The number of methoxy groups -OCH3 is 1. The summed E-state index contributed by atoms with van der Waals surface area (Å²) in [5.74, 6) is -0.682. The highest BCUT2D eigenvalue weighted by Crippen LogP contribution is 2.33. The van der Waals surface area contributed by atoms with Crippen LogP contribution in [0.2, 0.25) is 0 Å². The third-order valence-electron chi connectivity index (χ3n) is 4.12. The number of carbonyl (C=O) groups excluding carboxylic acids is 2. The molecule has 120 valence electrons. The van der Waals surface area contributed by atoms with Crippen LogP contribution in [-0.2, 0) is 22.5 Å². The summed E-state index contributed by atoms with van der Waals surface area (Å²) in [5, 5.41) is 11.6. The van der Waals surface area contributed by atoms with Crippen molar-refractivity contribution in [3.05, 3.63) is 39.6 Å². The lowest BCUT2D eigenvalue weighted by molar-refractivity contribution is -0.384. The second-order valence-electron chi connectivity index (χ2n) is 5.42. The first-order chi connectivity index (χ1) is 10.9. The number of nitro groups is 1. The summed E-state index contributed by atoms with van der Waals surface area (Å²) >= 11 is 0. The van der Waals surface area contributed by atoms with E-state index in [4.69, 9.17) is 4.74 Å². The van der Waals surface area contributed by atoms with Crippen molar-refractivity contribution in [1.82, 2.24) is 9.47 Å². The van der Waals surface area contributed by atoms with E-state index in [0.717, 1.165) is 5.56 Å². The maximum Gasteiger partial charge on any atom is 0.325 e. The van der Waals surface area contributed by atoms with Crippen LogP contribution in [0, 0.1) is 10.1 Å². The third kappa shape index (κ3) is 2.32. The zero-order valence-electron chi connectivity index (χ0n) is 12.7. The Morgan fingerprint density at radius 1 is 1.43 bits per heavy atom. The zero-order valence-corrected chi connectivity index (χ0v) is 12.7. The van der Waals surface area contributed by atoms with Crippen LogP contribution in [0.1, 0.15) is 16.1 Å². The minimum absolute atomic E-state index is 0.0399. The Labute approximate surface area is 131 Å². The van der Waals surface area contributed by atoms with E-state index in [-0.39, 0.29) is 18.1 Å². The van der Waals surface area contributed by atoms with Gasteiger partial charge in [-0.15, -0.1) is 0 Å². The van der Waals surface area contributed by atoms with E-state index in [1.54, 1.807) is 22.6 Å². The number of likely N-dealkylation sites (N-methyl/N-ethyl adjacent to an activating group) is 1. The van der Waals surface area contributed by atoms with E-state index in [9.17, 15) is 19.7 Å². The second-order valence-corrected chi connectivity index (χ2v) is 5.42. The highest BCUT2D eigenvalue weighted by molar-refractivity contribution is 6.03. The predicted molar refractivity (Wildman–Crippen MR) is 81.3 cm³/mol. The second kappa shape index (κ2) is 5.38. The van der Waals surface area contributed by atoms with Crippen molar-refractivity contribution in [3.8, 4) is 0 Å². The summed E-state index contributed by atoms with van der Waals surface area (Å²) in [4.78, 5) is 36.3. The number of nitro benzene ring substituents is 1. The standard InChI is InChI=1S/C15H15N3O5/c1-16-6-5-10-11-7-9(18(21)22)3-4-12(11)17(8-13(19)23-2)14(10)15(16)20/h3-4,7H,5-6,8H2,1-2H3. The lowest BCUT2D eigenvalue weighted by atomic mass is 10.0. The summed E-state index contributed by atoms with van der Waals surface area (Å²) in [7, 11) is 2.97. The first-order valence-corrected chi connectivity index (χ1v) is 7.06. The van der Waals surface area contributed by atoms with Crippen LogP contribution in [0.15, 0.2) is 18.2 Å². The molecule has 0 radical (unpaired) electrons. The molecule has 1 aliphatic heterocycles. The monoisotopic (exact) mass is 317 g/mol. The Morgan fingerprint density at radius 3 is 2.83 bits per heavy atom. The quantitative estimate of drug-likeness (QED) is 0.484. The van der Waals surface area contributed by atoms with Crippen LogP contribution >= 0.6 is 0 Å². The molecule has 1 aromatic carbocycles. The number of rotatable bonds is 3. The Morgan fingerprint density at radius 2 is 2.17 bits per heavy atom. The van der Waals surface area contributed by atoms with Crippen LogP contribution < -0.4 is 0 Å². The van der Waals surface area contributed by atoms with Crippen molar-refractivity contribution in [3.63, 3.8) is 0 Å². The highest BCUT2D eigenvalue weighted by Gasteiger charge is 2.30. The maximum atomic E-state index is 12.5. The summed E-state index contributed by atoms with van der Waals surface area (Å²) in [6.07, 6.45) is 0.587. The van der Waals surface area contributed by atoms with Crippen molar-refractivity contribution in [2.24, 2.45) is 0 Å². The van der Waals surface area contributed by atoms with Gasteiger partial charge in [0.1, 0.15) is 12.2 Å². The molecule has 0 N–H and O–H groups in total. The van der Waals surface area contributed by atoms with Gasteiger partial charge in [-0.2, -0.15) is 0 Å². The topological polar surface area (TPSA) is 94.7 Å². The van der Waals surface area contributed by atoms with E-state index in [1.807, 2.05) is 0 Å². The molecule has 0 atom stereocenters. The van der Waals surface area contributed by atoms with Gasteiger partial charge in [-0.05, 0) is 18.1 Å². The summed E-state index contributed by atoms with van der Waals surface area (Å²) < 4.78 is 6.28. The van der Waals surface area contributed by atoms with Gasteiger partial charge in [0.25, 0.3) is 11.6 Å². The fourth-order valence-corrected chi connectivity index (χ4v) is 2.94. The first-order valence-electron chi connectivity index (χ1n) is 7.06. The van der Waals surface area contributed by atoms with E-state index in [1.165, 1.54) is 19.2 Å². The molecule has 0 spiro atoms. The average molecular weight is 317 g/mol. The number of ether oxygens (including phenoxy) is 1. The van der Waals surface area contributed by atoms with Crippen LogP contribution in [-0.4, -0.2) is 47.0 Å². The van der Waals surface area contributed by atoms with Gasteiger partial charge in [-0.25, -0.2) is 0 Å². The molecule has 0 fully saturated rings. The van der Waals surface area contributed by atoms with Crippen molar-refractivity contribution >= 4 is 28.5 Å². The number of nitrogens with zero attached hydrogens (tertiary/aromatic N) is 3. The third-order valence-corrected chi connectivity index (χ3v) is 4.12. The lowest BCUT2D eigenvalue weighted by Crippen LogP contribution is -2.36. The fourth-order valence-electron chi connectivity index (χ4n) is 2.94. The molecule has 0 bridgehead atoms. The first kappa shape index (κ1) is 15.0. The number of aromatic nitrogens is 1. The van der Waals surface area contributed by atoms with E-state index in [0.29, 0.717) is 29.6 Å². The number of hydrogen-bond donors (Lipinski definition) is 0. The minimum Gasteiger partial charge on any atom is -0.468 e. The number of esters is 1. The Kier molecular flexibility index (Phi) is 3.51. The molecule has 1 aliphatic rings. The number of non-ortho nitro benzene ring substituents is 1. The smallest absolute Gasteiger partial charge is 0.325 e.